The van der Waals surface area contributed by atoms with Crippen LogP contribution < -0.4 is 5.43 Å². The van der Waals surface area contributed by atoms with Crippen LogP contribution in [-0.2, 0) is 19.1 Å². The molecule has 1 atom stereocenters. The largest absolute Gasteiger partial charge is 0.474 e. The van der Waals surface area contributed by atoms with Gasteiger partial charge < -0.3 is 9.47 Å². The SMILES string of the molecule is C=C(OC1C=CC(Cl)=CC1=C=NNC(C)=O)C(=O)OC. The summed E-state index contributed by atoms with van der Waals surface area (Å²) in [6.07, 6.45) is 4.09. The number of allylic oxidation sites excluding steroid dienone is 2. The quantitative estimate of drug-likeness (QED) is 0.280. The average Bonchev–Trinajstić information content (AvgIpc) is 2.40. The molecule has 7 heteroatoms. The molecule has 0 heterocycles. The van der Waals surface area contributed by atoms with Crippen LogP contribution in [0.2, 0.25) is 0 Å². The second-order valence-corrected chi connectivity index (χ2v) is 4.12. The van der Waals surface area contributed by atoms with E-state index in [1.54, 1.807) is 18.2 Å². The zero-order chi connectivity index (χ0) is 15.1. The molecular weight excluding hydrogens is 284 g/mol. The van der Waals surface area contributed by atoms with Gasteiger partial charge >= 0.3 is 5.97 Å². The van der Waals surface area contributed by atoms with Crippen LogP contribution in [-0.4, -0.2) is 31.0 Å². The van der Waals surface area contributed by atoms with E-state index < -0.39 is 12.1 Å². The van der Waals surface area contributed by atoms with Crippen LogP contribution in [0, 0.1) is 0 Å². The van der Waals surface area contributed by atoms with Crippen molar-refractivity contribution in [2.24, 2.45) is 5.10 Å². The van der Waals surface area contributed by atoms with Gasteiger partial charge in [0.15, 0.2) is 11.9 Å². The number of hydrogen-bond donors (Lipinski definition) is 1. The van der Waals surface area contributed by atoms with E-state index in [1.165, 1.54) is 14.0 Å². The van der Waals surface area contributed by atoms with Crippen LogP contribution >= 0.6 is 11.6 Å². The first-order valence-electron chi connectivity index (χ1n) is 5.52. The maximum Gasteiger partial charge on any atom is 0.372 e. The molecule has 0 fully saturated rings. The Balaban J connectivity index is 2.90. The zero-order valence-electron chi connectivity index (χ0n) is 11.0. The number of esters is 1. The highest BCUT2D eigenvalue weighted by molar-refractivity contribution is 6.31. The van der Waals surface area contributed by atoms with Gasteiger partial charge in [0, 0.05) is 17.8 Å². The fraction of sp³-hybridized carbons (Fsp3) is 0.231. The summed E-state index contributed by atoms with van der Waals surface area (Å²) >= 11 is 5.86. The number of carbonyl (C=O) groups is 2. The molecule has 0 aromatic heterocycles. The monoisotopic (exact) mass is 296 g/mol. The van der Waals surface area contributed by atoms with Crippen molar-refractivity contribution in [3.05, 3.63) is 41.2 Å². The number of carbonyl (C=O) groups excluding carboxylic acids is 2. The Labute approximate surface area is 121 Å². The number of hydrogen-bond acceptors (Lipinski definition) is 5. The van der Waals surface area contributed by atoms with E-state index in [-0.39, 0.29) is 11.7 Å². The highest BCUT2D eigenvalue weighted by Crippen LogP contribution is 2.21. The van der Waals surface area contributed by atoms with Crippen molar-refractivity contribution in [3.63, 3.8) is 0 Å². The molecule has 20 heavy (non-hydrogen) atoms. The van der Waals surface area contributed by atoms with E-state index in [0.29, 0.717) is 10.6 Å². The fourth-order valence-electron chi connectivity index (χ4n) is 1.25. The molecule has 0 saturated heterocycles. The lowest BCUT2D eigenvalue weighted by atomic mass is 10.1. The van der Waals surface area contributed by atoms with Gasteiger partial charge in [0.25, 0.3) is 0 Å². The third kappa shape index (κ3) is 4.76. The van der Waals surface area contributed by atoms with E-state index in [2.05, 4.69) is 27.7 Å². The molecule has 0 radical (unpaired) electrons. The van der Waals surface area contributed by atoms with Crippen LogP contribution in [0.4, 0.5) is 0 Å². The molecule has 6 nitrogen and oxygen atoms in total. The van der Waals surface area contributed by atoms with Crippen LogP contribution in [0.1, 0.15) is 6.92 Å². The van der Waals surface area contributed by atoms with Gasteiger partial charge in [-0.3, -0.25) is 4.79 Å². The van der Waals surface area contributed by atoms with Gasteiger partial charge in [-0.25, -0.2) is 10.2 Å². The molecular formula is C13H13ClN2O4. The predicted octanol–water partition coefficient (Wildman–Crippen LogP) is 1.40. The van der Waals surface area contributed by atoms with Crippen molar-refractivity contribution in [2.75, 3.05) is 7.11 Å². The average molecular weight is 297 g/mol. The van der Waals surface area contributed by atoms with Crippen molar-refractivity contribution in [3.8, 4) is 0 Å². The number of hydrazone groups is 1. The molecule has 1 rings (SSSR count). The minimum absolute atomic E-state index is 0.160. The molecule has 0 aromatic carbocycles. The van der Waals surface area contributed by atoms with E-state index in [0.717, 1.165) is 0 Å². The van der Waals surface area contributed by atoms with Gasteiger partial charge in [0.05, 0.1) is 12.7 Å². The summed E-state index contributed by atoms with van der Waals surface area (Å²) in [6, 6.07) is 0. The van der Waals surface area contributed by atoms with Gasteiger partial charge in [-0.1, -0.05) is 11.6 Å². The molecule has 0 bridgehead atoms. The molecule has 1 amide bonds. The number of methoxy groups -OCH3 is 1. The molecule has 1 aliphatic rings. The summed E-state index contributed by atoms with van der Waals surface area (Å²) in [4.78, 5) is 22.0. The zero-order valence-corrected chi connectivity index (χ0v) is 11.7. The Morgan fingerprint density at radius 3 is 2.85 bits per heavy atom. The Morgan fingerprint density at radius 1 is 1.55 bits per heavy atom. The first kappa shape index (κ1) is 15.8. The highest BCUT2D eigenvalue weighted by atomic mass is 35.5. The second-order valence-electron chi connectivity index (χ2n) is 3.69. The van der Waals surface area contributed by atoms with Crippen LogP contribution in [0.15, 0.2) is 46.3 Å². The van der Waals surface area contributed by atoms with E-state index in [9.17, 15) is 9.59 Å². The summed E-state index contributed by atoms with van der Waals surface area (Å²) in [7, 11) is 1.22. The minimum atomic E-state index is -0.683. The molecule has 0 spiro atoms. The molecule has 1 unspecified atom stereocenters. The number of nitrogens with zero attached hydrogens (tertiary/aromatic N) is 1. The maximum atomic E-state index is 11.2. The van der Waals surface area contributed by atoms with E-state index in [4.69, 9.17) is 16.3 Å². The predicted molar refractivity (Wildman–Crippen MR) is 73.9 cm³/mol. The lowest BCUT2D eigenvalue weighted by Crippen LogP contribution is -2.19. The molecule has 0 aromatic rings. The lowest BCUT2D eigenvalue weighted by Gasteiger charge is -2.18. The lowest BCUT2D eigenvalue weighted by molar-refractivity contribution is -0.140. The Morgan fingerprint density at radius 2 is 2.25 bits per heavy atom. The van der Waals surface area contributed by atoms with Crippen LogP contribution in [0.5, 0.6) is 0 Å². The number of ether oxygens (including phenoxy) is 2. The van der Waals surface area contributed by atoms with Crippen molar-refractivity contribution in [1.29, 1.82) is 0 Å². The smallest absolute Gasteiger partial charge is 0.372 e. The number of amides is 1. The minimum Gasteiger partial charge on any atom is -0.474 e. The normalized spacial score (nSPS) is 16.6. The Bertz CT molecular complexity index is 557. The van der Waals surface area contributed by atoms with Crippen molar-refractivity contribution in [1.82, 2.24) is 5.43 Å². The topological polar surface area (TPSA) is 77.0 Å². The summed E-state index contributed by atoms with van der Waals surface area (Å²) in [5, 5.41) is 4.04. The van der Waals surface area contributed by atoms with Crippen molar-refractivity contribution in [2.45, 2.75) is 13.0 Å². The first-order chi connectivity index (χ1) is 9.43. The summed E-state index contributed by atoms with van der Waals surface area (Å²) < 4.78 is 9.81. The molecule has 0 saturated carbocycles. The second kappa shape index (κ2) is 7.33. The van der Waals surface area contributed by atoms with Gasteiger partial charge in [-0.2, -0.15) is 0 Å². The third-order valence-corrected chi connectivity index (χ3v) is 2.35. The van der Waals surface area contributed by atoms with E-state index >= 15 is 0 Å². The van der Waals surface area contributed by atoms with Crippen molar-refractivity contribution < 1.29 is 19.1 Å². The summed E-state index contributed by atoms with van der Waals surface area (Å²) in [5.74, 6) is 1.40. The molecule has 106 valence electrons. The Kier molecular flexibility index (Phi) is 5.77. The van der Waals surface area contributed by atoms with Gasteiger partial charge in [0.1, 0.15) is 0 Å². The summed E-state index contributed by atoms with van der Waals surface area (Å²) in [5.41, 5.74) is 2.63. The number of nitrogens with one attached hydrogen (secondary N) is 1. The third-order valence-electron chi connectivity index (χ3n) is 2.11. The van der Waals surface area contributed by atoms with Gasteiger partial charge in [-0.15, -0.1) is 5.10 Å². The van der Waals surface area contributed by atoms with Crippen LogP contribution in [0.25, 0.3) is 0 Å². The molecule has 1 aliphatic carbocycles. The van der Waals surface area contributed by atoms with E-state index in [1.807, 2.05) is 0 Å². The van der Waals surface area contributed by atoms with Gasteiger partial charge in [-0.05, 0) is 24.8 Å². The van der Waals surface area contributed by atoms with Gasteiger partial charge in [0.2, 0.25) is 5.91 Å². The fourth-order valence-corrected chi connectivity index (χ4v) is 1.44. The number of rotatable bonds is 4. The number of halogens is 1. The molecule has 1 N–H and O–H groups in total. The first-order valence-corrected chi connectivity index (χ1v) is 5.90. The highest BCUT2D eigenvalue weighted by Gasteiger charge is 2.19. The van der Waals surface area contributed by atoms with Crippen molar-refractivity contribution >= 4 is 29.3 Å². The Hall–Kier alpha value is -2.30. The summed E-state index contributed by atoms with van der Waals surface area (Å²) in [6.45, 7) is 4.77. The standard InChI is InChI=1S/C13H13ClN2O4/c1-8(13(18)19-3)20-12-5-4-11(14)6-10(12)7-15-16-9(2)17/h4-6,12H,1H2,2-3H3,(H,16,17). The van der Waals surface area contributed by atoms with Crippen LogP contribution in [0.3, 0.4) is 0 Å². The molecule has 0 aliphatic heterocycles. The maximum absolute atomic E-state index is 11.2.